The molecular weight excluding hydrogens is 267 g/mol. The molecule has 0 N–H and O–H groups in total. The summed E-state index contributed by atoms with van der Waals surface area (Å²) in [6.07, 6.45) is 0.980. The van der Waals surface area contributed by atoms with Gasteiger partial charge in [0.2, 0.25) is 10.0 Å². The van der Waals surface area contributed by atoms with Crippen LogP contribution >= 0.6 is 0 Å². The number of rotatable bonds is 4. The molecule has 1 aliphatic heterocycles. The first-order valence-electron chi connectivity index (χ1n) is 6.30. The molecule has 19 heavy (non-hydrogen) atoms. The van der Waals surface area contributed by atoms with Crippen LogP contribution in [0.15, 0.2) is 29.2 Å². The van der Waals surface area contributed by atoms with Crippen molar-refractivity contribution in [2.24, 2.45) is 5.92 Å². The molecule has 1 aromatic carbocycles. The van der Waals surface area contributed by atoms with Crippen LogP contribution in [0.2, 0.25) is 0 Å². The molecule has 106 valence electrons. The van der Waals surface area contributed by atoms with Gasteiger partial charge in [-0.3, -0.25) is 0 Å². The van der Waals surface area contributed by atoms with Crippen LogP contribution in [0, 0.1) is 11.7 Å². The van der Waals surface area contributed by atoms with Crippen molar-refractivity contribution in [3.05, 3.63) is 30.1 Å². The van der Waals surface area contributed by atoms with E-state index >= 15 is 0 Å². The summed E-state index contributed by atoms with van der Waals surface area (Å²) in [5.74, 6) is -0.380. The third kappa shape index (κ3) is 3.13. The Labute approximate surface area is 113 Å². The number of hydrogen-bond acceptors (Lipinski definition) is 3. The number of sulfonamides is 1. The molecule has 1 fully saturated rings. The third-order valence-corrected chi connectivity index (χ3v) is 5.39. The molecule has 0 aliphatic carbocycles. The lowest BCUT2D eigenvalue weighted by atomic mass is 10.1. The quantitative estimate of drug-likeness (QED) is 0.840. The van der Waals surface area contributed by atoms with Crippen LogP contribution in [-0.4, -0.2) is 51.4 Å². The van der Waals surface area contributed by atoms with Crippen molar-refractivity contribution >= 4 is 10.0 Å². The highest BCUT2D eigenvalue weighted by atomic mass is 32.2. The van der Waals surface area contributed by atoms with Gasteiger partial charge in [0.25, 0.3) is 0 Å². The predicted octanol–water partition coefficient (Wildman–Crippen LogP) is 1.40. The zero-order valence-electron chi connectivity index (χ0n) is 11.2. The molecule has 4 nitrogen and oxygen atoms in total. The summed E-state index contributed by atoms with van der Waals surface area (Å²) in [7, 11) is -0.202. The lowest BCUT2D eigenvalue weighted by Crippen LogP contribution is -2.33. The van der Waals surface area contributed by atoms with Crippen molar-refractivity contribution in [1.29, 1.82) is 0 Å². The monoisotopic (exact) mass is 286 g/mol. The molecule has 1 aliphatic rings. The fourth-order valence-corrected chi connectivity index (χ4v) is 3.77. The van der Waals surface area contributed by atoms with Crippen molar-refractivity contribution in [2.45, 2.75) is 11.3 Å². The SMILES string of the molecule is CN1CCC(CN(C)S(=O)(=O)c2ccccc2F)C1. The molecule has 1 saturated heterocycles. The van der Waals surface area contributed by atoms with Gasteiger partial charge in [-0.05, 0) is 38.1 Å². The zero-order chi connectivity index (χ0) is 14.0. The Kier molecular flexibility index (Phi) is 4.23. The van der Waals surface area contributed by atoms with Gasteiger partial charge in [-0.25, -0.2) is 17.1 Å². The Balaban J connectivity index is 2.14. The van der Waals surface area contributed by atoms with Crippen LogP contribution in [-0.2, 0) is 10.0 Å². The van der Waals surface area contributed by atoms with Gasteiger partial charge in [0, 0.05) is 20.1 Å². The second-order valence-corrected chi connectivity index (χ2v) is 7.15. The minimum absolute atomic E-state index is 0.246. The fraction of sp³-hybridized carbons (Fsp3) is 0.538. The van der Waals surface area contributed by atoms with Gasteiger partial charge in [-0.2, -0.15) is 0 Å². The average molecular weight is 286 g/mol. The van der Waals surface area contributed by atoms with E-state index in [2.05, 4.69) is 4.90 Å². The minimum atomic E-state index is -3.73. The third-order valence-electron chi connectivity index (χ3n) is 3.53. The number of likely N-dealkylation sites (tertiary alicyclic amines) is 1. The van der Waals surface area contributed by atoms with E-state index in [9.17, 15) is 12.8 Å². The zero-order valence-corrected chi connectivity index (χ0v) is 12.0. The van der Waals surface area contributed by atoms with Gasteiger partial charge >= 0.3 is 0 Å². The molecular formula is C13H19FN2O2S. The Bertz CT molecular complexity index is 547. The Morgan fingerprint density at radius 3 is 2.68 bits per heavy atom. The molecule has 0 bridgehead atoms. The molecule has 0 saturated carbocycles. The predicted molar refractivity (Wildman–Crippen MR) is 71.8 cm³/mol. The maximum atomic E-state index is 13.6. The molecule has 1 atom stereocenters. The van der Waals surface area contributed by atoms with Crippen molar-refractivity contribution in [2.75, 3.05) is 33.7 Å². The number of halogens is 1. The topological polar surface area (TPSA) is 40.6 Å². The summed E-state index contributed by atoms with van der Waals surface area (Å²) in [6, 6.07) is 5.50. The van der Waals surface area contributed by atoms with Crippen LogP contribution in [0.25, 0.3) is 0 Å². The maximum Gasteiger partial charge on any atom is 0.245 e. The molecule has 0 amide bonds. The number of nitrogens with zero attached hydrogens (tertiary/aromatic N) is 2. The smallest absolute Gasteiger partial charge is 0.245 e. The van der Waals surface area contributed by atoms with Crippen LogP contribution in [0.4, 0.5) is 4.39 Å². The van der Waals surface area contributed by atoms with Crippen molar-refractivity contribution < 1.29 is 12.8 Å². The van der Waals surface area contributed by atoms with E-state index in [0.29, 0.717) is 12.5 Å². The normalized spacial score (nSPS) is 21.2. The highest BCUT2D eigenvalue weighted by Crippen LogP contribution is 2.21. The van der Waals surface area contributed by atoms with Crippen molar-refractivity contribution in [3.63, 3.8) is 0 Å². The molecule has 1 heterocycles. The second kappa shape index (κ2) is 5.56. The Morgan fingerprint density at radius 2 is 2.11 bits per heavy atom. The first kappa shape index (κ1) is 14.4. The molecule has 0 spiro atoms. The standard InChI is InChI=1S/C13H19FN2O2S/c1-15-8-7-11(9-15)10-16(2)19(17,18)13-6-4-3-5-12(13)14/h3-6,11H,7-10H2,1-2H3. The molecule has 0 aromatic heterocycles. The number of benzene rings is 1. The number of hydrogen-bond donors (Lipinski definition) is 0. The van der Waals surface area contributed by atoms with Gasteiger partial charge in [0.1, 0.15) is 10.7 Å². The van der Waals surface area contributed by atoms with E-state index < -0.39 is 15.8 Å². The second-order valence-electron chi connectivity index (χ2n) is 5.13. The lowest BCUT2D eigenvalue weighted by molar-refractivity contribution is 0.356. The van der Waals surface area contributed by atoms with Crippen LogP contribution < -0.4 is 0 Å². The molecule has 2 rings (SSSR count). The summed E-state index contributed by atoms with van der Waals surface area (Å²) in [5, 5.41) is 0. The van der Waals surface area contributed by atoms with Crippen LogP contribution in [0.1, 0.15) is 6.42 Å². The highest BCUT2D eigenvalue weighted by Gasteiger charge is 2.28. The summed E-state index contributed by atoms with van der Waals surface area (Å²) in [4.78, 5) is 1.93. The highest BCUT2D eigenvalue weighted by molar-refractivity contribution is 7.89. The first-order chi connectivity index (χ1) is 8.91. The summed E-state index contributed by atoms with van der Waals surface area (Å²) < 4.78 is 39.5. The molecule has 1 unspecified atom stereocenters. The fourth-order valence-electron chi connectivity index (χ4n) is 2.46. The van der Waals surface area contributed by atoms with E-state index in [-0.39, 0.29) is 4.90 Å². The lowest BCUT2D eigenvalue weighted by Gasteiger charge is -2.21. The summed E-state index contributed by atoms with van der Waals surface area (Å²) >= 11 is 0. The van der Waals surface area contributed by atoms with Crippen molar-refractivity contribution in [3.8, 4) is 0 Å². The van der Waals surface area contributed by atoms with Crippen molar-refractivity contribution in [1.82, 2.24) is 9.21 Å². The summed E-state index contributed by atoms with van der Waals surface area (Å²) in [5.41, 5.74) is 0. The minimum Gasteiger partial charge on any atom is -0.306 e. The van der Waals surface area contributed by atoms with Gasteiger partial charge in [-0.15, -0.1) is 0 Å². The van der Waals surface area contributed by atoms with Gasteiger partial charge < -0.3 is 4.90 Å². The van der Waals surface area contributed by atoms with Gasteiger partial charge in [-0.1, -0.05) is 12.1 Å². The van der Waals surface area contributed by atoms with E-state index in [0.717, 1.165) is 19.5 Å². The van der Waals surface area contributed by atoms with Gasteiger partial charge in [0.05, 0.1) is 0 Å². The molecule has 6 heteroatoms. The Morgan fingerprint density at radius 1 is 1.42 bits per heavy atom. The summed E-state index contributed by atoms with van der Waals surface area (Å²) in [6.45, 7) is 2.30. The van der Waals surface area contributed by atoms with E-state index in [4.69, 9.17) is 0 Å². The first-order valence-corrected chi connectivity index (χ1v) is 7.74. The molecule has 0 radical (unpaired) electrons. The van der Waals surface area contributed by atoms with E-state index in [1.165, 1.54) is 35.6 Å². The average Bonchev–Trinajstić information content (AvgIpc) is 2.75. The largest absolute Gasteiger partial charge is 0.306 e. The Hall–Kier alpha value is -0.980. The van der Waals surface area contributed by atoms with Crippen LogP contribution in [0.3, 0.4) is 0 Å². The van der Waals surface area contributed by atoms with Crippen LogP contribution in [0.5, 0.6) is 0 Å². The van der Waals surface area contributed by atoms with E-state index in [1.807, 2.05) is 7.05 Å². The molecule has 1 aromatic rings. The van der Waals surface area contributed by atoms with Gasteiger partial charge in [0.15, 0.2) is 0 Å². The maximum absolute atomic E-state index is 13.6. The van der Waals surface area contributed by atoms with E-state index in [1.54, 1.807) is 0 Å².